The first kappa shape index (κ1) is 91.0. The van der Waals surface area contributed by atoms with E-state index in [9.17, 15) is 0 Å². The highest BCUT2D eigenvalue weighted by molar-refractivity contribution is 6.08. The van der Waals surface area contributed by atoms with Gasteiger partial charge in [-0.2, -0.15) is 0 Å². The van der Waals surface area contributed by atoms with E-state index < -0.39 is 0 Å². The molecule has 25 aromatic rings. The van der Waals surface area contributed by atoms with Gasteiger partial charge in [0.2, 0.25) is 0 Å². The molecule has 0 aliphatic heterocycles. The van der Waals surface area contributed by atoms with Crippen LogP contribution in [0.2, 0.25) is 0 Å². The maximum absolute atomic E-state index is 5.22. The van der Waals surface area contributed by atoms with Crippen molar-refractivity contribution in [3.63, 3.8) is 0 Å². The summed E-state index contributed by atoms with van der Waals surface area (Å²) in [6, 6.07) is 157. The average Bonchev–Trinajstić information content (AvgIpc) is 0.764. The van der Waals surface area contributed by atoms with Crippen molar-refractivity contribution in [1.82, 2.24) is 64.8 Å². The first-order chi connectivity index (χ1) is 71.6. The zero-order valence-corrected chi connectivity index (χ0v) is 81.7. The Bertz CT molecular complexity index is 9220. The molecule has 9 aromatic heterocycles. The molecular weight excluding hydrogens is 1780 g/mol. The van der Waals surface area contributed by atoms with Crippen molar-refractivity contribution in [1.29, 1.82) is 0 Å². The highest BCUT2D eigenvalue weighted by Gasteiger charge is 2.22. The summed E-state index contributed by atoms with van der Waals surface area (Å²) in [5.74, 6) is 3.56. The third-order valence-corrected chi connectivity index (χ3v) is 27.0. The monoisotopic (exact) mass is 1880 g/mol. The number of hydrogen-bond donors (Lipinski definition) is 0. The van der Waals surface area contributed by atoms with Crippen molar-refractivity contribution in [3.8, 4) is 180 Å². The zero-order valence-electron chi connectivity index (χ0n) is 81.7. The molecule has 0 N–H and O–H groups in total. The van der Waals surface area contributed by atoms with Gasteiger partial charge in [0, 0.05) is 116 Å². The molecule has 0 aliphatic carbocycles. The van der Waals surface area contributed by atoms with Crippen molar-refractivity contribution in [2.75, 3.05) is 0 Å². The minimum absolute atomic E-state index is 0.332. The first-order valence-corrected chi connectivity index (χ1v) is 49.3. The molecule has 146 heavy (non-hydrogen) atoms. The molecule has 25 rings (SSSR count). The summed E-state index contributed by atoms with van der Waals surface area (Å²) in [5, 5.41) is 6.64. The van der Waals surface area contributed by atoms with Crippen LogP contribution in [0.15, 0.2) is 455 Å². The molecule has 13 heteroatoms. The predicted molar refractivity (Wildman–Crippen MR) is 600 cm³/mol. The lowest BCUT2D eigenvalue weighted by Gasteiger charge is -2.12. The fourth-order valence-corrected chi connectivity index (χ4v) is 19.1. The standard InChI is InChI=1S/C48H34N4.C43H33N5.C42H30N4/c1-31-27-43(50-47-42(31)26-25-36-20-19-32(2)49-46(36)47)40-17-9-15-38(28-40)39-16-10-18-41(29-39)45-30-44(35-13-7-4-8-14-35)51-48(52-45)37-23-21-34(22-24-37)33-11-5-3-6-12-33;1-27(2)37-24-22-31-21-23-36-28(3)25-38(45-40(36)39(31)44-37)34-15-10-16-35(26-34)43-47-41(32-13-8-5-9-14-32)46-42(48-43)33-19-17-30(18-20-33)29-11-6-4-7-12-29;1-27-24-37(44-41-36(27)23-22-33-17-16-28(2)43-40(33)41)34-14-9-15-35(25-34)42-45-38(31-12-7-4-8-13-31)26-39(46-42)32-20-18-30(19-21-32)29-10-5-3-6-11-29/h3-30H,1-2H3;4-27H,1-3H3;3-26H,1-2H3. The van der Waals surface area contributed by atoms with Crippen LogP contribution in [-0.2, 0) is 0 Å². The summed E-state index contributed by atoms with van der Waals surface area (Å²) in [6.45, 7) is 14.8. The molecule has 0 amide bonds. The Morgan fingerprint density at radius 2 is 0.370 bits per heavy atom. The van der Waals surface area contributed by atoms with Gasteiger partial charge in [0.05, 0.1) is 73.0 Å². The fourth-order valence-electron chi connectivity index (χ4n) is 19.1. The van der Waals surface area contributed by atoms with E-state index in [0.717, 1.165) is 217 Å². The summed E-state index contributed by atoms with van der Waals surface area (Å²) >= 11 is 0. The lowest BCUT2D eigenvalue weighted by molar-refractivity contribution is 0.830. The van der Waals surface area contributed by atoms with Crippen LogP contribution in [0.4, 0.5) is 0 Å². The average molecular weight is 1880 g/mol. The normalized spacial score (nSPS) is 11.3. The van der Waals surface area contributed by atoms with Crippen molar-refractivity contribution in [2.24, 2.45) is 0 Å². The van der Waals surface area contributed by atoms with Crippen LogP contribution < -0.4 is 0 Å². The van der Waals surface area contributed by atoms with Crippen LogP contribution in [0.25, 0.3) is 246 Å². The SMILES string of the molecule is Cc1cc(-c2cccc(-c3nc(-c4ccccc4)nc(-c4ccc(-c5ccccc5)cc4)n3)c2)nc2c1ccc1ccc(C(C)C)nc12.Cc1ccc2ccc3c(C)cc(-c4cccc(-c5cccc(-c6cc(-c7ccccc7)nc(-c7ccc(-c8ccccc8)cc7)n6)c5)c4)nc3c2n1.Cc1ccc2ccc3c(C)cc(-c4cccc(-c5nc(-c6ccccc6)cc(-c6ccc(-c7ccccc7)cc6)n5)c4)nc3c2n1. The van der Waals surface area contributed by atoms with Crippen molar-refractivity contribution >= 4 is 65.4 Å². The Balaban J connectivity index is 0.000000121. The van der Waals surface area contributed by atoms with Crippen molar-refractivity contribution in [3.05, 3.63) is 489 Å². The number of aromatic nitrogens is 13. The number of rotatable bonds is 17. The Hall–Kier alpha value is -18.9. The minimum Gasteiger partial charge on any atom is -0.251 e. The molecule has 0 saturated carbocycles. The van der Waals surface area contributed by atoms with Gasteiger partial charge in [-0.15, -0.1) is 0 Å². The number of nitrogens with zero attached hydrogens (tertiary/aromatic N) is 13. The molecule has 0 aliphatic rings. The van der Waals surface area contributed by atoms with Crippen LogP contribution in [-0.4, -0.2) is 64.8 Å². The summed E-state index contributed by atoms with van der Waals surface area (Å²) in [6.07, 6.45) is 0. The van der Waals surface area contributed by atoms with Gasteiger partial charge in [-0.05, 0) is 175 Å². The van der Waals surface area contributed by atoms with E-state index in [4.69, 9.17) is 64.8 Å². The second-order valence-corrected chi connectivity index (χ2v) is 37.4. The molecule has 0 spiro atoms. The van der Waals surface area contributed by atoms with Gasteiger partial charge in [-0.3, -0.25) is 15.0 Å². The van der Waals surface area contributed by atoms with Gasteiger partial charge >= 0.3 is 0 Å². The Labute approximate surface area is 847 Å². The highest BCUT2D eigenvalue weighted by Crippen LogP contribution is 2.41. The smallest absolute Gasteiger partial charge is 0.164 e. The molecule has 0 unspecified atom stereocenters. The number of benzene rings is 16. The Kier molecular flexibility index (Phi) is 24.9. The minimum atomic E-state index is 0.332. The maximum Gasteiger partial charge on any atom is 0.164 e. The third kappa shape index (κ3) is 19.2. The molecular formula is C133H97N13. The molecule has 0 bridgehead atoms. The van der Waals surface area contributed by atoms with E-state index in [-0.39, 0.29) is 0 Å². The summed E-state index contributed by atoms with van der Waals surface area (Å²) in [5.41, 5.74) is 39.5. The van der Waals surface area contributed by atoms with E-state index in [2.05, 4.69) is 393 Å². The Morgan fingerprint density at radius 1 is 0.144 bits per heavy atom. The van der Waals surface area contributed by atoms with Gasteiger partial charge in [0.25, 0.3) is 0 Å². The molecule has 0 saturated heterocycles. The fraction of sp³-hybridized carbons (Fsp3) is 0.0602. The van der Waals surface area contributed by atoms with E-state index in [1.165, 1.54) is 33.4 Å². The van der Waals surface area contributed by atoms with Crippen molar-refractivity contribution in [2.45, 2.75) is 54.4 Å². The van der Waals surface area contributed by atoms with Crippen LogP contribution >= 0.6 is 0 Å². The second kappa shape index (κ2) is 40.0. The van der Waals surface area contributed by atoms with Gasteiger partial charge < -0.3 is 0 Å². The van der Waals surface area contributed by atoms with Gasteiger partial charge in [0.1, 0.15) is 0 Å². The highest BCUT2D eigenvalue weighted by atomic mass is 15.0. The maximum atomic E-state index is 5.22. The Morgan fingerprint density at radius 3 is 0.719 bits per heavy atom. The van der Waals surface area contributed by atoms with Crippen LogP contribution in [0.1, 0.15) is 53.5 Å². The van der Waals surface area contributed by atoms with E-state index in [0.29, 0.717) is 35.0 Å². The molecule has 0 radical (unpaired) electrons. The molecule has 13 nitrogen and oxygen atoms in total. The first-order valence-electron chi connectivity index (χ1n) is 49.3. The molecule has 9 heterocycles. The van der Waals surface area contributed by atoms with E-state index in [1.807, 2.05) is 111 Å². The topological polar surface area (TPSA) is 168 Å². The van der Waals surface area contributed by atoms with Crippen LogP contribution in [0.5, 0.6) is 0 Å². The molecule has 0 fully saturated rings. The van der Waals surface area contributed by atoms with Gasteiger partial charge in [-0.1, -0.05) is 396 Å². The number of fused-ring (bicyclic) bond motifs is 9. The van der Waals surface area contributed by atoms with Gasteiger partial charge in [-0.25, -0.2) is 49.8 Å². The van der Waals surface area contributed by atoms with Crippen LogP contribution in [0, 0.1) is 34.6 Å². The summed E-state index contributed by atoms with van der Waals surface area (Å²) < 4.78 is 0. The van der Waals surface area contributed by atoms with Crippen LogP contribution in [0.3, 0.4) is 0 Å². The molecule has 694 valence electrons. The predicted octanol–water partition coefficient (Wildman–Crippen LogP) is 33.5. The largest absolute Gasteiger partial charge is 0.251 e. The number of aryl methyl sites for hydroxylation is 5. The third-order valence-electron chi connectivity index (χ3n) is 27.0. The quantitative estimate of drug-likeness (QED) is 0.0791. The summed E-state index contributed by atoms with van der Waals surface area (Å²) in [4.78, 5) is 65.7. The zero-order chi connectivity index (χ0) is 98.7. The molecule has 16 aromatic carbocycles. The second-order valence-electron chi connectivity index (χ2n) is 37.4. The van der Waals surface area contributed by atoms with Gasteiger partial charge in [0.15, 0.2) is 29.1 Å². The number of hydrogen-bond acceptors (Lipinski definition) is 13. The lowest BCUT2D eigenvalue weighted by Crippen LogP contribution is -2.00. The van der Waals surface area contributed by atoms with E-state index in [1.54, 1.807) is 0 Å². The van der Waals surface area contributed by atoms with E-state index >= 15 is 0 Å². The lowest BCUT2D eigenvalue weighted by atomic mass is 9.97. The van der Waals surface area contributed by atoms with Crippen molar-refractivity contribution < 1.29 is 0 Å². The number of pyridine rings is 6. The summed E-state index contributed by atoms with van der Waals surface area (Å²) in [7, 11) is 0. The molecule has 0 atom stereocenters.